The van der Waals surface area contributed by atoms with Gasteiger partial charge in [0.25, 0.3) is 5.91 Å². The van der Waals surface area contributed by atoms with Crippen molar-refractivity contribution in [3.8, 4) is 5.75 Å². The van der Waals surface area contributed by atoms with E-state index < -0.39 is 15.9 Å². The second kappa shape index (κ2) is 8.79. The predicted molar refractivity (Wildman–Crippen MR) is 114 cm³/mol. The number of anilines is 1. The number of hydrogen-bond donors (Lipinski definition) is 2. The molecule has 2 aromatic rings. The van der Waals surface area contributed by atoms with Gasteiger partial charge in [-0.15, -0.1) is 0 Å². The van der Waals surface area contributed by atoms with Crippen LogP contribution >= 0.6 is 23.2 Å². The Labute approximate surface area is 180 Å². The van der Waals surface area contributed by atoms with Gasteiger partial charge < -0.3 is 15.0 Å². The molecular formula is C19H21Cl2N3O4S. The summed E-state index contributed by atoms with van der Waals surface area (Å²) >= 11 is 12.2. The van der Waals surface area contributed by atoms with Crippen molar-refractivity contribution < 1.29 is 17.9 Å². The average Bonchev–Trinajstić information content (AvgIpc) is 3.16. The molecule has 1 aliphatic rings. The first-order valence-electron chi connectivity index (χ1n) is 8.87. The molecule has 0 aromatic heterocycles. The molecule has 156 valence electrons. The lowest BCUT2D eigenvalue weighted by Crippen LogP contribution is -2.37. The molecule has 0 aliphatic carbocycles. The molecule has 1 fully saturated rings. The summed E-state index contributed by atoms with van der Waals surface area (Å²) in [5.41, 5.74) is 0.971. The first-order chi connectivity index (χ1) is 13.7. The number of rotatable bonds is 6. The van der Waals surface area contributed by atoms with E-state index in [0.717, 1.165) is 5.69 Å². The van der Waals surface area contributed by atoms with E-state index in [4.69, 9.17) is 27.9 Å². The van der Waals surface area contributed by atoms with Crippen molar-refractivity contribution in [2.24, 2.45) is 0 Å². The summed E-state index contributed by atoms with van der Waals surface area (Å²) in [6.45, 7) is 1.28. The summed E-state index contributed by atoms with van der Waals surface area (Å²) < 4.78 is 31.6. The Bertz CT molecular complexity index is 1030. The largest absolute Gasteiger partial charge is 0.495 e. The topological polar surface area (TPSA) is 87.7 Å². The van der Waals surface area contributed by atoms with Crippen molar-refractivity contribution in [2.75, 3.05) is 32.1 Å². The highest BCUT2D eigenvalue weighted by Gasteiger charge is 2.27. The maximum atomic E-state index is 12.7. The molecule has 1 amide bonds. The molecule has 1 saturated heterocycles. The maximum absolute atomic E-state index is 12.7. The second-order valence-electron chi connectivity index (χ2n) is 6.57. The molecule has 2 aromatic carbocycles. The van der Waals surface area contributed by atoms with E-state index in [0.29, 0.717) is 30.3 Å². The Hall–Kier alpha value is -2.00. The van der Waals surface area contributed by atoms with Gasteiger partial charge in [0.1, 0.15) is 5.75 Å². The molecule has 1 aliphatic heterocycles. The number of nitrogens with zero attached hydrogens (tertiary/aromatic N) is 1. The molecule has 0 spiro atoms. The smallest absolute Gasteiger partial charge is 0.253 e. The van der Waals surface area contributed by atoms with Gasteiger partial charge >= 0.3 is 0 Å². The number of hydrogen-bond acceptors (Lipinski definition) is 5. The van der Waals surface area contributed by atoms with Crippen molar-refractivity contribution in [1.29, 1.82) is 0 Å². The van der Waals surface area contributed by atoms with E-state index >= 15 is 0 Å². The van der Waals surface area contributed by atoms with Crippen LogP contribution in [0.5, 0.6) is 5.75 Å². The normalized spacial score (nSPS) is 16.7. The lowest BCUT2D eigenvalue weighted by molar-refractivity contribution is 0.0940. The van der Waals surface area contributed by atoms with Gasteiger partial charge in [0.2, 0.25) is 10.0 Å². The lowest BCUT2D eigenvalue weighted by atomic mass is 10.2. The summed E-state index contributed by atoms with van der Waals surface area (Å²) in [4.78, 5) is 14.8. The van der Waals surface area contributed by atoms with E-state index in [2.05, 4.69) is 14.9 Å². The number of halogens is 2. The van der Waals surface area contributed by atoms with Gasteiger partial charge in [-0.2, -0.15) is 0 Å². The summed E-state index contributed by atoms with van der Waals surface area (Å²) in [5, 5.41) is 3.71. The van der Waals surface area contributed by atoms with Crippen LogP contribution in [0.25, 0.3) is 0 Å². The van der Waals surface area contributed by atoms with E-state index in [1.165, 1.54) is 25.2 Å². The highest BCUT2D eigenvalue weighted by Crippen LogP contribution is 2.33. The minimum atomic E-state index is -3.68. The molecule has 7 nitrogen and oxygen atoms in total. The lowest BCUT2D eigenvalue weighted by Gasteiger charge is -2.22. The fourth-order valence-electron chi connectivity index (χ4n) is 3.23. The fraction of sp³-hybridized carbons (Fsp3) is 0.316. The van der Waals surface area contributed by atoms with Crippen LogP contribution in [0.4, 0.5) is 5.69 Å². The summed E-state index contributed by atoms with van der Waals surface area (Å²) in [7, 11) is -0.778. The van der Waals surface area contributed by atoms with Crippen molar-refractivity contribution >= 4 is 44.8 Å². The standard InChI is InChI=1S/C19H21Cl2N3O4S/c1-22-29(26,27)14-4-5-16(21)15(10-14)19(25)23-13-7-8-24(11-13)17-9-12(20)3-6-18(17)28-2/h3-6,9-10,13,22H,7-8,11H2,1-2H3,(H,23,25). The second-order valence-corrected chi connectivity index (χ2v) is 9.30. The average molecular weight is 458 g/mol. The Morgan fingerprint density at radius 2 is 1.97 bits per heavy atom. The molecule has 29 heavy (non-hydrogen) atoms. The van der Waals surface area contributed by atoms with Gasteiger partial charge in [-0.1, -0.05) is 23.2 Å². The summed E-state index contributed by atoms with van der Waals surface area (Å²) in [6.07, 6.45) is 0.716. The number of benzene rings is 2. The van der Waals surface area contributed by atoms with Crippen LogP contribution in [0, 0.1) is 0 Å². The Morgan fingerprint density at radius 1 is 1.21 bits per heavy atom. The van der Waals surface area contributed by atoms with Crippen molar-refractivity contribution in [1.82, 2.24) is 10.0 Å². The monoisotopic (exact) mass is 457 g/mol. The summed E-state index contributed by atoms with van der Waals surface area (Å²) in [5.74, 6) is 0.280. The minimum Gasteiger partial charge on any atom is -0.495 e. The zero-order chi connectivity index (χ0) is 21.2. The Kier molecular flexibility index (Phi) is 6.58. The molecule has 0 bridgehead atoms. The first kappa shape index (κ1) is 21.7. The SMILES string of the molecule is CNS(=O)(=O)c1ccc(Cl)c(C(=O)NC2CCN(c3cc(Cl)ccc3OC)C2)c1. The number of sulfonamides is 1. The summed E-state index contributed by atoms with van der Waals surface area (Å²) in [6, 6.07) is 9.28. The fourth-order valence-corrected chi connectivity index (χ4v) is 4.36. The van der Waals surface area contributed by atoms with Crippen LogP contribution in [0.3, 0.4) is 0 Å². The number of carbonyl (C=O) groups excluding carboxylic acids is 1. The third-order valence-electron chi connectivity index (χ3n) is 4.77. The van der Waals surface area contributed by atoms with Crippen LogP contribution in [0.15, 0.2) is 41.3 Å². The molecule has 0 radical (unpaired) electrons. The minimum absolute atomic E-state index is 0.0220. The quantitative estimate of drug-likeness (QED) is 0.695. The number of ether oxygens (including phenoxy) is 1. The van der Waals surface area contributed by atoms with Crippen LogP contribution in [0.2, 0.25) is 10.0 Å². The molecule has 10 heteroatoms. The zero-order valence-electron chi connectivity index (χ0n) is 15.9. The number of methoxy groups -OCH3 is 1. The van der Waals surface area contributed by atoms with Gasteiger partial charge in [0.05, 0.1) is 28.3 Å². The molecule has 1 heterocycles. The van der Waals surface area contributed by atoms with Gasteiger partial charge in [0.15, 0.2) is 0 Å². The molecule has 1 atom stereocenters. The van der Waals surface area contributed by atoms with Crippen molar-refractivity contribution in [3.63, 3.8) is 0 Å². The number of amides is 1. The van der Waals surface area contributed by atoms with Gasteiger partial charge in [-0.05, 0) is 49.9 Å². The van der Waals surface area contributed by atoms with Gasteiger partial charge in [0, 0.05) is 24.2 Å². The van der Waals surface area contributed by atoms with Gasteiger partial charge in [-0.25, -0.2) is 13.1 Å². The van der Waals surface area contributed by atoms with Crippen LogP contribution in [0.1, 0.15) is 16.8 Å². The van der Waals surface area contributed by atoms with Crippen molar-refractivity contribution in [3.05, 3.63) is 52.0 Å². The molecule has 1 unspecified atom stereocenters. The predicted octanol–water partition coefficient (Wildman–Crippen LogP) is 2.92. The highest BCUT2D eigenvalue weighted by molar-refractivity contribution is 7.89. The molecular weight excluding hydrogens is 437 g/mol. The first-order valence-corrected chi connectivity index (χ1v) is 11.1. The molecule has 0 saturated carbocycles. The molecule has 3 rings (SSSR count). The zero-order valence-corrected chi connectivity index (χ0v) is 18.2. The number of nitrogens with one attached hydrogen (secondary N) is 2. The molecule has 2 N–H and O–H groups in total. The van der Waals surface area contributed by atoms with E-state index in [-0.39, 0.29) is 21.5 Å². The van der Waals surface area contributed by atoms with Gasteiger partial charge in [-0.3, -0.25) is 4.79 Å². The van der Waals surface area contributed by atoms with E-state index in [1.807, 2.05) is 6.07 Å². The maximum Gasteiger partial charge on any atom is 0.253 e. The Morgan fingerprint density at radius 3 is 2.66 bits per heavy atom. The third-order valence-corrected chi connectivity index (χ3v) is 6.74. The third kappa shape index (κ3) is 4.78. The van der Waals surface area contributed by atoms with Crippen LogP contribution in [-0.4, -0.2) is 47.6 Å². The number of carbonyl (C=O) groups is 1. The van der Waals surface area contributed by atoms with Crippen LogP contribution < -0.4 is 19.7 Å². The van der Waals surface area contributed by atoms with Crippen LogP contribution in [-0.2, 0) is 10.0 Å². The Balaban J connectivity index is 1.75. The van der Waals surface area contributed by atoms with Crippen molar-refractivity contribution in [2.45, 2.75) is 17.4 Å². The highest BCUT2D eigenvalue weighted by atomic mass is 35.5. The van der Waals surface area contributed by atoms with E-state index in [1.54, 1.807) is 19.2 Å². The van der Waals surface area contributed by atoms with E-state index in [9.17, 15) is 13.2 Å².